The summed E-state index contributed by atoms with van der Waals surface area (Å²) in [6.07, 6.45) is 1.32. The van der Waals surface area contributed by atoms with Crippen LogP contribution >= 0.6 is 0 Å². The molecule has 1 aliphatic heterocycles. The molecule has 0 bridgehead atoms. The fraction of sp³-hybridized carbons (Fsp3) is 1.00. The second-order valence-corrected chi connectivity index (χ2v) is 3.47. The third-order valence-corrected chi connectivity index (χ3v) is 2.90. The van der Waals surface area contributed by atoms with Crippen molar-refractivity contribution in [3.05, 3.63) is 0 Å². The minimum absolute atomic E-state index is 0.0833. The van der Waals surface area contributed by atoms with Gasteiger partial charge in [-0.1, -0.05) is 0 Å². The van der Waals surface area contributed by atoms with E-state index in [9.17, 15) is 0 Å². The molecule has 2 atom stereocenters. The van der Waals surface area contributed by atoms with Crippen LogP contribution in [0.3, 0.4) is 0 Å². The van der Waals surface area contributed by atoms with E-state index in [0.717, 1.165) is 13.0 Å². The van der Waals surface area contributed by atoms with Crippen molar-refractivity contribution in [2.24, 2.45) is 5.73 Å². The predicted octanol–water partition coefficient (Wildman–Crippen LogP) is 0.0543. The molecule has 0 radical (unpaired) electrons. The first kappa shape index (κ1) is 8.97. The van der Waals surface area contributed by atoms with E-state index in [0.29, 0.717) is 6.54 Å². The van der Waals surface area contributed by atoms with Crippen molar-refractivity contribution in [1.82, 2.24) is 4.90 Å². The fourth-order valence-electron chi connectivity index (χ4n) is 1.81. The van der Waals surface area contributed by atoms with Crippen LogP contribution < -0.4 is 5.73 Å². The summed E-state index contributed by atoms with van der Waals surface area (Å²) in [6, 6.07) is 0. The fourth-order valence-corrected chi connectivity index (χ4v) is 1.81. The molecule has 1 fully saturated rings. The Hall–Kier alpha value is -0.120. The van der Waals surface area contributed by atoms with Crippen LogP contribution in [0.5, 0.6) is 0 Å². The summed E-state index contributed by atoms with van der Waals surface area (Å²) in [7, 11) is 4.14. The minimum Gasteiger partial charge on any atom is -0.376 e. The molecule has 1 saturated heterocycles. The number of rotatable bonds is 2. The van der Waals surface area contributed by atoms with Crippen LogP contribution in [-0.4, -0.2) is 43.8 Å². The van der Waals surface area contributed by atoms with Crippen molar-refractivity contribution >= 4 is 0 Å². The highest BCUT2D eigenvalue weighted by atomic mass is 16.5. The van der Waals surface area contributed by atoms with E-state index in [-0.39, 0.29) is 11.6 Å². The summed E-state index contributed by atoms with van der Waals surface area (Å²) >= 11 is 0. The first-order chi connectivity index (χ1) is 5.13. The van der Waals surface area contributed by atoms with Crippen LogP contribution in [0.4, 0.5) is 0 Å². The first-order valence-corrected chi connectivity index (χ1v) is 4.12. The molecule has 1 aliphatic rings. The number of nitrogens with two attached hydrogens (primary N) is 1. The number of likely N-dealkylation sites (N-methyl/N-ethyl adjacent to an activating group) is 1. The third-order valence-electron chi connectivity index (χ3n) is 2.90. The summed E-state index contributed by atoms with van der Waals surface area (Å²) in [5, 5.41) is 0. The molecule has 2 N–H and O–H groups in total. The van der Waals surface area contributed by atoms with Crippen molar-refractivity contribution < 1.29 is 4.74 Å². The molecular formula is C8H18N2O. The number of hydrogen-bond donors (Lipinski definition) is 1. The first-order valence-electron chi connectivity index (χ1n) is 4.12. The Morgan fingerprint density at radius 3 is 2.45 bits per heavy atom. The molecule has 11 heavy (non-hydrogen) atoms. The minimum atomic E-state index is 0.0833. The second-order valence-electron chi connectivity index (χ2n) is 3.47. The van der Waals surface area contributed by atoms with Gasteiger partial charge in [0.05, 0.1) is 11.6 Å². The van der Waals surface area contributed by atoms with Crippen molar-refractivity contribution in [3.63, 3.8) is 0 Å². The van der Waals surface area contributed by atoms with Crippen molar-refractivity contribution in [3.8, 4) is 0 Å². The molecule has 0 amide bonds. The highest BCUT2D eigenvalue weighted by Gasteiger charge is 2.42. The quantitative estimate of drug-likeness (QED) is 0.617. The Morgan fingerprint density at radius 2 is 2.27 bits per heavy atom. The molecule has 66 valence electrons. The number of hydrogen-bond acceptors (Lipinski definition) is 3. The summed E-state index contributed by atoms with van der Waals surface area (Å²) < 4.78 is 5.50. The molecule has 2 unspecified atom stereocenters. The molecule has 3 nitrogen and oxygen atoms in total. The van der Waals surface area contributed by atoms with E-state index in [1.165, 1.54) is 0 Å². The van der Waals surface area contributed by atoms with Gasteiger partial charge in [-0.15, -0.1) is 0 Å². The third kappa shape index (κ3) is 1.28. The molecular weight excluding hydrogens is 140 g/mol. The van der Waals surface area contributed by atoms with Gasteiger partial charge >= 0.3 is 0 Å². The lowest BCUT2D eigenvalue weighted by Gasteiger charge is -2.37. The lowest BCUT2D eigenvalue weighted by Crippen LogP contribution is -2.54. The Bertz CT molecular complexity index is 138. The van der Waals surface area contributed by atoms with Gasteiger partial charge in [0.1, 0.15) is 0 Å². The second kappa shape index (κ2) is 3.09. The van der Waals surface area contributed by atoms with E-state index in [4.69, 9.17) is 10.5 Å². The number of ether oxygens (including phenoxy) is 1. The Morgan fingerprint density at radius 1 is 1.64 bits per heavy atom. The standard InChI is InChI=1S/C8H18N2O/c1-7-8(6-9,10(2)3)4-5-11-7/h7H,4-6,9H2,1-3H3. The molecule has 1 rings (SSSR count). The topological polar surface area (TPSA) is 38.5 Å². The molecule has 0 aromatic rings. The number of nitrogens with zero attached hydrogens (tertiary/aromatic N) is 1. The van der Waals surface area contributed by atoms with E-state index in [2.05, 4.69) is 25.9 Å². The lowest BCUT2D eigenvalue weighted by atomic mass is 9.91. The van der Waals surface area contributed by atoms with Gasteiger partial charge in [0, 0.05) is 13.2 Å². The summed E-state index contributed by atoms with van der Waals surface area (Å²) in [6.45, 7) is 3.62. The van der Waals surface area contributed by atoms with Gasteiger partial charge in [0.2, 0.25) is 0 Å². The highest BCUT2D eigenvalue weighted by molar-refractivity contribution is 4.98. The summed E-state index contributed by atoms with van der Waals surface area (Å²) in [4.78, 5) is 2.19. The van der Waals surface area contributed by atoms with Gasteiger partial charge in [-0.2, -0.15) is 0 Å². The maximum atomic E-state index is 5.74. The van der Waals surface area contributed by atoms with E-state index >= 15 is 0 Å². The molecule has 0 aromatic carbocycles. The zero-order valence-corrected chi connectivity index (χ0v) is 7.63. The monoisotopic (exact) mass is 158 g/mol. The van der Waals surface area contributed by atoms with Crippen molar-refractivity contribution in [1.29, 1.82) is 0 Å². The van der Waals surface area contributed by atoms with Crippen LogP contribution in [-0.2, 0) is 4.74 Å². The maximum absolute atomic E-state index is 5.74. The predicted molar refractivity (Wildman–Crippen MR) is 45.5 cm³/mol. The van der Waals surface area contributed by atoms with E-state index in [1.807, 2.05) is 0 Å². The van der Waals surface area contributed by atoms with E-state index < -0.39 is 0 Å². The van der Waals surface area contributed by atoms with E-state index in [1.54, 1.807) is 0 Å². The summed E-state index contributed by atoms with van der Waals surface area (Å²) in [5.41, 5.74) is 5.82. The molecule has 0 aliphatic carbocycles. The van der Waals surface area contributed by atoms with Gasteiger partial charge in [0.15, 0.2) is 0 Å². The average Bonchev–Trinajstić information content (AvgIpc) is 2.32. The Balaban J connectivity index is 2.73. The Kier molecular flexibility index (Phi) is 2.52. The lowest BCUT2D eigenvalue weighted by molar-refractivity contribution is 0.0408. The van der Waals surface area contributed by atoms with Gasteiger partial charge in [0.25, 0.3) is 0 Å². The van der Waals surface area contributed by atoms with Crippen molar-refractivity contribution in [2.75, 3.05) is 27.2 Å². The maximum Gasteiger partial charge on any atom is 0.0743 e. The average molecular weight is 158 g/mol. The normalized spacial score (nSPS) is 38.5. The largest absolute Gasteiger partial charge is 0.376 e. The zero-order chi connectivity index (χ0) is 8.48. The highest BCUT2D eigenvalue weighted by Crippen LogP contribution is 2.28. The van der Waals surface area contributed by atoms with Gasteiger partial charge in [-0.25, -0.2) is 0 Å². The van der Waals surface area contributed by atoms with Crippen molar-refractivity contribution in [2.45, 2.75) is 25.0 Å². The zero-order valence-electron chi connectivity index (χ0n) is 7.63. The molecule has 1 heterocycles. The van der Waals surface area contributed by atoms with Gasteiger partial charge in [-0.05, 0) is 27.4 Å². The Labute approximate surface area is 68.5 Å². The van der Waals surface area contributed by atoms with Crippen LogP contribution in [0.25, 0.3) is 0 Å². The van der Waals surface area contributed by atoms with Gasteiger partial charge in [-0.3, -0.25) is 0 Å². The van der Waals surface area contributed by atoms with Crippen LogP contribution in [0.1, 0.15) is 13.3 Å². The van der Waals surface area contributed by atoms with Crippen LogP contribution in [0.15, 0.2) is 0 Å². The van der Waals surface area contributed by atoms with Crippen LogP contribution in [0, 0.1) is 0 Å². The van der Waals surface area contributed by atoms with Crippen LogP contribution in [0.2, 0.25) is 0 Å². The van der Waals surface area contributed by atoms with Gasteiger partial charge < -0.3 is 15.4 Å². The molecule has 0 saturated carbocycles. The molecule has 3 heteroatoms. The molecule has 0 spiro atoms. The summed E-state index contributed by atoms with van der Waals surface area (Å²) in [5.74, 6) is 0. The molecule has 0 aromatic heterocycles. The smallest absolute Gasteiger partial charge is 0.0743 e. The SMILES string of the molecule is CC1OCCC1(CN)N(C)C.